The molecular weight excluding hydrogens is 186 g/mol. The van der Waals surface area contributed by atoms with E-state index >= 15 is 0 Å². The summed E-state index contributed by atoms with van der Waals surface area (Å²) < 4.78 is -0.0128. The topological polar surface area (TPSA) is 15.8 Å². The van der Waals surface area contributed by atoms with Crippen LogP contribution in [-0.4, -0.2) is 4.98 Å². The van der Waals surface area contributed by atoms with Crippen LogP contribution in [0.1, 0.15) is 10.1 Å². The molecule has 0 bridgehead atoms. The lowest BCUT2D eigenvalue weighted by Crippen LogP contribution is -1.76. The van der Waals surface area contributed by atoms with Gasteiger partial charge in [0.15, 0.2) is 0 Å². The molecule has 0 unspecified atom stereocenters. The van der Waals surface area contributed by atoms with Gasteiger partial charge in [-0.15, -0.1) is 0 Å². The summed E-state index contributed by atoms with van der Waals surface area (Å²) in [6.07, 6.45) is 1.95. The molecule has 2 rings (SSSR count). The summed E-state index contributed by atoms with van der Waals surface area (Å²) in [6.45, 7) is 0. The summed E-state index contributed by atoms with van der Waals surface area (Å²) >= 11 is 8.55. The van der Waals surface area contributed by atoms with Crippen LogP contribution in [0.2, 0.25) is 0 Å². The van der Waals surface area contributed by atoms with E-state index < -0.39 is 0 Å². The van der Waals surface area contributed by atoms with Crippen molar-refractivity contribution in [2.24, 2.45) is 0 Å². The first-order valence-corrected chi connectivity index (χ1v) is 4.74. The molecule has 0 atom stereocenters. The van der Waals surface area contributed by atoms with Gasteiger partial charge >= 0.3 is 0 Å². The average molecular weight is 195 g/mol. The fraction of sp³-hybridized carbons (Fsp3) is 0.111. The molecule has 2 aromatic rings. The number of rotatable bonds is 1. The van der Waals surface area contributed by atoms with Crippen LogP contribution in [0.25, 0.3) is 10.9 Å². The lowest BCUT2D eigenvalue weighted by molar-refractivity contribution is 1.39. The first-order chi connectivity index (χ1) is 5.79. The SMILES string of the molecule is SC(S)c1c[nH]c2ccccc12. The average Bonchev–Trinajstić information content (AvgIpc) is 2.47. The second-order valence-corrected chi connectivity index (χ2v) is 4.10. The van der Waals surface area contributed by atoms with Gasteiger partial charge in [0, 0.05) is 17.1 Å². The Labute approximate surface area is 82.0 Å². The minimum absolute atomic E-state index is 0.0128. The molecule has 62 valence electrons. The van der Waals surface area contributed by atoms with E-state index in [-0.39, 0.29) is 4.58 Å². The van der Waals surface area contributed by atoms with Gasteiger partial charge in [-0.05, 0) is 11.6 Å². The number of nitrogens with one attached hydrogen (secondary N) is 1. The van der Waals surface area contributed by atoms with Crippen molar-refractivity contribution in [2.45, 2.75) is 4.58 Å². The predicted octanol–water partition coefficient (Wildman–Crippen LogP) is 3.03. The lowest BCUT2D eigenvalue weighted by Gasteiger charge is -1.99. The van der Waals surface area contributed by atoms with Gasteiger partial charge in [-0.2, -0.15) is 25.3 Å². The summed E-state index contributed by atoms with van der Waals surface area (Å²) in [5.74, 6) is 0. The minimum Gasteiger partial charge on any atom is -0.361 e. The largest absolute Gasteiger partial charge is 0.361 e. The van der Waals surface area contributed by atoms with Crippen molar-refractivity contribution < 1.29 is 0 Å². The first-order valence-electron chi connectivity index (χ1n) is 3.71. The van der Waals surface area contributed by atoms with E-state index in [2.05, 4.69) is 36.3 Å². The fourth-order valence-corrected chi connectivity index (χ4v) is 1.73. The maximum Gasteiger partial charge on any atom is 0.0712 e. The molecule has 1 aromatic carbocycles. The second kappa shape index (κ2) is 3.07. The number of H-pyrrole nitrogens is 1. The number of hydrogen-bond donors (Lipinski definition) is 3. The van der Waals surface area contributed by atoms with Gasteiger partial charge in [-0.1, -0.05) is 18.2 Å². The molecule has 12 heavy (non-hydrogen) atoms. The molecule has 0 aliphatic rings. The van der Waals surface area contributed by atoms with Gasteiger partial charge in [0.1, 0.15) is 0 Å². The zero-order valence-corrected chi connectivity index (χ0v) is 8.15. The van der Waals surface area contributed by atoms with E-state index in [9.17, 15) is 0 Å². The lowest BCUT2D eigenvalue weighted by atomic mass is 10.2. The third-order valence-electron chi connectivity index (χ3n) is 1.90. The number of fused-ring (bicyclic) bond motifs is 1. The molecule has 3 heteroatoms. The Bertz CT molecular complexity index is 392. The monoisotopic (exact) mass is 195 g/mol. The van der Waals surface area contributed by atoms with Crippen LogP contribution >= 0.6 is 25.3 Å². The van der Waals surface area contributed by atoms with Crippen LogP contribution in [0.4, 0.5) is 0 Å². The summed E-state index contributed by atoms with van der Waals surface area (Å²) in [5.41, 5.74) is 2.28. The van der Waals surface area contributed by atoms with Gasteiger partial charge < -0.3 is 4.98 Å². The van der Waals surface area contributed by atoms with Gasteiger partial charge in [-0.3, -0.25) is 0 Å². The Morgan fingerprint density at radius 3 is 2.67 bits per heavy atom. The van der Waals surface area contributed by atoms with Crippen molar-refractivity contribution in [1.29, 1.82) is 0 Å². The summed E-state index contributed by atoms with van der Waals surface area (Å²) in [5, 5.41) is 1.20. The predicted molar refractivity (Wildman–Crippen MR) is 59.0 cm³/mol. The Morgan fingerprint density at radius 2 is 1.92 bits per heavy atom. The molecule has 1 aromatic heterocycles. The van der Waals surface area contributed by atoms with Gasteiger partial charge in [0.05, 0.1) is 4.58 Å². The Morgan fingerprint density at radius 1 is 1.17 bits per heavy atom. The van der Waals surface area contributed by atoms with Crippen molar-refractivity contribution in [3.05, 3.63) is 36.0 Å². The van der Waals surface area contributed by atoms with E-state index in [1.54, 1.807) is 0 Å². The molecule has 0 aliphatic carbocycles. The van der Waals surface area contributed by atoms with Crippen molar-refractivity contribution >= 4 is 36.2 Å². The highest BCUT2D eigenvalue weighted by Gasteiger charge is 2.06. The van der Waals surface area contributed by atoms with Crippen LogP contribution in [0, 0.1) is 0 Å². The first kappa shape index (κ1) is 8.08. The Hall–Kier alpha value is -0.540. The number of hydrogen-bond acceptors (Lipinski definition) is 2. The van der Waals surface area contributed by atoms with Gasteiger partial charge in [0.2, 0.25) is 0 Å². The maximum atomic E-state index is 4.27. The van der Waals surface area contributed by atoms with E-state index in [0.29, 0.717) is 0 Å². The molecule has 0 saturated heterocycles. The Balaban J connectivity index is 2.70. The van der Waals surface area contributed by atoms with E-state index in [4.69, 9.17) is 0 Å². The molecule has 1 nitrogen and oxygen atoms in total. The molecule has 1 heterocycles. The quantitative estimate of drug-likeness (QED) is 0.458. The number of para-hydroxylation sites is 1. The molecule has 1 N–H and O–H groups in total. The zero-order valence-electron chi connectivity index (χ0n) is 6.36. The van der Waals surface area contributed by atoms with E-state index in [1.165, 1.54) is 5.39 Å². The van der Waals surface area contributed by atoms with Crippen molar-refractivity contribution in [3.63, 3.8) is 0 Å². The van der Waals surface area contributed by atoms with E-state index in [0.717, 1.165) is 11.1 Å². The number of benzene rings is 1. The molecule has 0 saturated carbocycles. The normalized spacial score (nSPS) is 11.2. The molecule has 0 fully saturated rings. The van der Waals surface area contributed by atoms with Crippen LogP contribution in [-0.2, 0) is 0 Å². The highest BCUT2D eigenvalue weighted by atomic mass is 32.2. The highest BCUT2D eigenvalue weighted by molar-refractivity contribution is 7.98. The molecular formula is C9H9NS2. The molecule has 0 spiro atoms. The van der Waals surface area contributed by atoms with Crippen molar-refractivity contribution in [1.82, 2.24) is 4.98 Å². The second-order valence-electron chi connectivity index (χ2n) is 2.66. The summed E-state index contributed by atoms with van der Waals surface area (Å²) in [6, 6.07) is 8.14. The van der Waals surface area contributed by atoms with Crippen LogP contribution in [0.5, 0.6) is 0 Å². The zero-order chi connectivity index (χ0) is 8.55. The standard InChI is InChI=1S/C9H9NS2/c11-9(12)7-5-10-8-4-2-1-3-6(7)8/h1-5,9-12H. The summed E-state index contributed by atoms with van der Waals surface area (Å²) in [4.78, 5) is 3.17. The number of thiol groups is 2. The minimum atomic E-state index is -0.0128. The maximum absolute atomic E-state index is 4.27. The fourth-order valence-electron chi connectivity index (χ4n) is 1.31. The smallest absolute Gasteiger partial charge is 0.0712 e. The van der Waals surface area contributed by atoms with Crippen LogP contribution in [0.15, 0.2) is 30.5 Å². The summed E-state index contributed by atoms with van der Waals surface area (Å²) in [7, 11) is 0. The number of aromatic nitrogens is 1. The van der Waals surface area contributed by atoms with E-state index in [1.807, 2.05) is 24.4 Å². The van der Waals surface area contributed by atoms with Gasteiger partial charge in [-0.25, -0.2) is 0 Å². The third-order valence-corrected chi connectivity index (χ3v) is 2.46. The highest BCUT2D eigenvalue weighted by Crippen LogP contribution is 2.30. The Kier molecular flexibility index (Phi) is 2.07. The van der Waals surface area contributed by atoms with Gasteiger partial charge in [0.25, 0.3) is 0 Å². The van der Waals surface area contributed by atoms with Crippen molar-refractivity contribution in [3.8, 4) is 0 Å². The number of aromatic amines is 1. The third kappa shape index (κ3) is 1.23. The van der Waals surface area contributed by atoms with Crippen LogP contribution < -0.4 is 0 Å². The molecule has 0 aliphatic heterocycles. The molecule has 0 radical (unpaired) electrons. The van der Waals surface area contributed by atoms with Crippen molar-refractivity contribution in [2.75, 3.05) is 0 Å². The van der Waals surface area contributed by atoms with Crippen LogP contribution in [0.3, 0.4) is 0 Å². The molecule has 0 amide bonds.